The summed E-state index contributed by atoms with van der Waals surface area (Å²) < 4.78 is 5.20. The van der Waals surface area contributed by atoms with Crippen molar-refractivity contribution in [3.05, 3.63) is 35.4 Å². The minimum absolute atomic E-state index is 0.106. The smallest absolute Gasteiger partial charge is 0.327 e. The maximum Gasteiger partial charge on any atom is 0.327 e. The molecule has 0 saturated heterocycles. The molecule has 1 fully saturated rings. The van der Waals surface area contributed by atoms with Gasteiger partial charge >= 0.3 is 5.97 Å². The van der Waals surface area contributed by atoms with Crippen LogP contribution in [-0.4, -0.2) is 17.6 Å². The van der Waals surface area contributed by atoms with Gasteiger partial charge in [-0.2, -0.15) is 0 Å². The average Bonchev–Trinajstić information content (AvgIpc) is 2.92. The van der Waals surface area contributed by atoms with Crippen LogP contribution in [0.15, 0.2) is 24.3 Å². The van der Waals surface area contributed by atoms with Crippen LogP contribution in [0.3, 0.4) is 0 Å². The van der Waals surface area contributed by atoms with Crippen molar-refractivity contribution in [1.29, 1.82) is 0 Å². The van der Waals surface area contributed by atoms with E-state index in [-0.39, 0.29) is 18.0 Å². The molecule has 1 aromatic carbocycles. The first-order chi connectivity index (χ1) is 7.95. The van der Waals surface area contributed by atoms with Gasteiger partial charge in [0.2, 0.25) is 0 Å². The van der Waals surface area contributed by atoms with E-state index in [1.165, 1.54) is 5.56 Å². The Morgan fingerprint density at radius 3 is 2.71 bits per heavy atom. The molecule has 0 radical (unpaired) electrons. The van der Waals surface area contributed by atoms with Crippen LogP contribution in [0.1, 0.15) is 37.3 Å². The second-order valence-electron chi connectivity index (χ2n) is 5.11. The van der Waals surface area contributed by atoms with Crippen LogP contribution in [-0.2, 0) is 9.53 Å². The van der Waals surface area contributed by atoms with Gasteiger partial charge in [0.15, 0.2) is 0 Å². The minimum Gasteiger partial charge on any atom is -0.462 e. The highest BCUT2D eigenvalue weighted by Gasteiger charge is 2.59. The quantitative estimate of drug-likeness (QED) is 0.814. The van der Waals surface area contributed by atoms with Gasteiger partial charge in [-0.05, 0) is 38.3 Å². The molecular weight excluding hydrogens is 214 g/mol. The van der Waals surface area contributed by atoms with Crippen LogP contribution < -0.4 is 5.73 Å². The summed E-state index contributed by atoms with van der Waals surface area (Å²) >= 11 is 0. The van der Waals surface area contributed by atoms with E-state index in [0.29, 0.717) is 6.42 Å². The van der Waals surface area contributed by atoms with Gasteiger partial charge < -0.3 is 10.5 Å². The second kappa shape index (κ2) is 4.15. The van der Waals surface area contributed by atoms with Crippen molar-refractivity contribution >= 4 is 5.97 Å². The first kappa shape index (κ1) is 12.1. The highest BCUT2D eigenvalue weighted by atomic mass is 16.5. The summed E-state index contributed by atoms with van der Waals surface area (Å²) in [4.78, 5) is 11.9. The van der Waals surface area contributed by atoms with Crippen LogP contribution >= 0.6 is 0 Å². The monoisotopic (exact) mass is 233 g/mol. The Balaban J connectivity index is 2.14. The summed E-state index contributed by atoms with van der Waals surface area (Å²) in [6.45, 7) is 5.72. The lowest BCUT2D eigenvalue weighted by Crippen LogP contribution is -2.38. The van der Waals surface area contributed by atoms with Gasteiger partial charge in [-0.3, -0.25) is 4.79 Å². The fourth-order valence-electron chi connectivity index (χ4n) is 2.19. The van der Waals surface area contributed by atoms with E-state index < -0.39 is 5.54 Å². The Morgan fingerprint density at radius 2 is 2.12 bits per heavy atom. The van der Waals surface area contributed by atoms with Gasteiger partial charge in [-0.25, -0.2) is 0 Å². The molecule has 0 amide bonds. The molecule has 3 nitrogen and oxygen atoms in total. The molecule has 1 saturated carbocycles. The maximum absolute atomic E-state index is 11.9. The lowest BCUT2D eigenvalue weighted by Gasteiger charge is -2.14. The summed E-state index contributed by atoms with van der Waals surface area (Å²) in [7, 11) is 0. The Morgan fingerprint density at radius 1 is 1.47 bits per heavy atom. The molecule has 2 rings (SSSR count). The van der Waals surface area contributed by atoms with Gasteiger partial charge in [0.05, 0.1) is 6.10 Å². The number of hydrogen-bond donors (Lipinski definition) is 1. The number of nitrogens with two attached hydrogens (primary N) is 1. The van der Waals surface area contributed by atoms with Crippen LogP contribution in [0.4, 0.5) is 0 Å². The molecule has 2 unspecified atom stereocenters. The Hall–Kier alpha value is -1.35. The summed E-state index contributed by atoms with van der Waals surface area (Å²) in [5.74, 6) is -0.171. The molecule has 1 aliphatic carbocycles. The number of benzene rings is 1. The Labute approximate surface area is 102 Å². The number of hydrogen-bond acceptors (Lipinski definition) is 3. The molecule has 2 N–H and O–H groups in total. The Bertz CT molecular complexity index is 442. The van der Waals surface area contributed by atoms with Gasteiger partial charge in [0, 0.05) is 5.92 Å². The van der Waals surface area contributed by atoms with Gasteiger partial charge in [0.25, 0.3) is 0 Å². The number of ether oxygens (including phenoxy) is 1. The van der Waals surface area contributed by atoms with Gasteiger partial charge in [-0.15, -0.1) is 0 Å². The van der Waals surface area contributed by atoms with Crippen LogP contribution in [0.5, 0.6) is 0 Å². The molecular formula is C14H19NO2. The highest BCUT2D eigenvalue weighted by Crippen LogP contribution is 2.51. The third-order valence-corrected chi connectivity index (χ3v) is 3.29. The molecule has 0 heterocycles. The molecule has 0 aromatic heterocycles. The first-order valence-corrected chi connectivity index (χ1v) is 6.00. The van der Waals surface area contributed by atoms with E-state index >= 15 is 0 Å². The van der Waals surface area contributed by atoms with Crippen molar-refractivity contribution in [3.63, 3.8) is 0 Å². The average molecular weight is 233 g/mol. The van der Waals surface area contributed by atoms with Gasteiger partial charge in [0.1, 0.15) is 5.54 Å². The standard InChI is InChI=1S/C14H19NO2/c1-9(2)17-13(16)14(15)8-12(14)11-7-5-4-6-10(11)3/h4-7,9,12H,8,15H2,1-3H3. The highest BCUT2D eigenvalue weighted by molar-refractivity contribution is 5.87. The van der Waals surface area contributed by atoms with E-state index in [0.717, 1.165) is 5.56 Å². The maximum atomic E-state index is 11.9. The molecule has 0 spiro atoms. The molecule has 17 heavy (non-hydrogen) atoms. The largest absolute Gasteiger partial charge is 0.462 e. The van der Waals surface area contributed by atoms with Gasteiger partial charge in [-0.1, -0.05) is 24.3 Å². The summed E-state index contributed by atoms with van der Waals surface area (Å²) in [6.07, 6.45) is 0.574. The summed E-state index contributed by atoms with van der Waals surface area (Å²) in [6, 6.07) is 8.06. The zero-order valence-corrected chi connectivity index (χ0v) is 10.6. The third kappa shape index (κ3) is 2.20. The number of aryl methyl sites for hydroxylation is 1. The second-order valence-corrected chi connectivity index (χ2v) is 5.11. The SMILES string of the molecule is Cc1ccccc1C1CC1(N)C(=O)OC(C)C. The number of carbonyl (C=O) groups excluding carboxylic acids is 1. The fourth-order valence-corrected chi connectivity index (χ4v) is 2.19. The van der Waals surface area contributed by atoms with Crippen LogP contribution in [0.25, 0.3) is 0 Å². The third-order valence-electron chi connectivity index (χ3n) is 3.29. The molecule has 92 valence electrons. The van der Waals surface area contributed by atoms with Crippen molar-refractivity contribution in [3.8, 4) is 0 Å². The minimum atomic E-state index is -0.809. The van der Waals surface area contributed by atoms with E-state index in [9.17, 15) is 4.79 Å². The fraction of sp³-hybridized carbons (Fsp3) is 0.500. The molecule has 2 atom stereocenters. The van der Waals surface area contributed by atoms with Crippen molar-refractivity contribution in [2.75, 3.05) is 0 Å². The first-order valence-electron chi connectivity index (χ1n) is 6.00. The molecule has 3 heteroatoms. The predicted molar refractivity (Wildman–Crippen MR) is 66.7 cm³/mol. The molecule has 0 bridgehead atoms. The van der Waals surface area contributed by atoms with Crippen molar-refractivity contribution < 1.29 is 9.53 Å². The zero-order valence-electron chi connectivity index (χ0n) is 10.6. The van der Waals surface area contributed by atoms with E-state index in [2.05, 4.69) is 0 Å². The molecule has 1 aromatic rings. The van der Waals surface area contributed by atoms with E-state index in [4.69, 9.17) is 10.5 Å². The van der Waals surface area contributed by atoms with Crippen molar-refractivity contribution in [2.45, 2.75) is 44.8 Å². The predicted octanol–water partition coefficient (Wildman–Crippen LogP) is 2.13. The Kier molecular flexibility index (Phi) is 2.96. The topological polar surface area (TPSA) is 52.3 Å². The lowest BCUT2D eigenvalue weighted by molar-refractivity contribution is -0.150. The van der Waals surface area contributed by atoms with Crippen LogP contribution in [0.2, 0.25) is 0 Å². The van der Waals surface area contributed by atoms with E-state index in [1.807, 2.05) is 45.0 Å². The van der Waals surface area contributed by atoms with Crippen LogP contribution in [0, 0.1) is 6.92 Å². The number of carbonyl (C=O) groups is 1. The number of rotatable bonds is 3. The molecule has 0 aliphatic heterocycles. The normalized spacial score (nSPS) is 27.0. The molecule has 1 aliphatic rings. The summed E-state index contributed by atoms with van der Waals surface area (Å²) in [5.41, 5.74) is 7.65. The zero-order chi connectivity index (χ0) is 12.6. The van der Waals surface area contributed by atoms with Crippen molar-refractivity contribution in [1.82, 2.24) is 0 Å². The van der Waals surface area contributed by atoms with Crippen molar-refractivity contribution in [2.24, 2.45) is 5.73 Å². The number of esters is 1. The lowest BCUT2D eigenvalue weighted by atomic mass is 10.0. The summed E-state index contributed by atoms with van der Waals surface area (Å²) in [5, 5.41) is 0. The van der Waals surface area contributed by atoms with E-state index in [1.54, 1.807) is 0 Å².